The monoisotopic (exact) mass is 434 g/mol. The second kappa shape index (κ2) is 9.23. The molecular weight excluding hydrogens is 412 g/mol. The molecule has 0 saturated carbocycles. The summed E-state index contributed by atoms with van der Waals surface area (Å²) in [6.45, 7) is 1.31. The van der Waals surface area contributed by atoms with E-state index >= 15 is 0 Å². The first kappa shape index (κ1) is 21.7. The number of benzene rings is 2. The van der Waals surface area contributed by atoms with Gasteiger partial charge in [-0.2, -0.15) is 8.42 Å². The Morgan fingerprint density at radius 1 is 1.20 bits per heavy atom. The Bertz CT molecular complexity index is 998. The molecule has 9 nitrogen and oxygen atoms in total. The first-order chi connectivity index (χ1) is 14.2. The van der Waals surface area contributed by atoms with Gasteiger partial charge in [-0.15, -0.1) is 0 Å². The Hall–Kier alpha value is -2.98. The lowest BCUT2D eigenvalue weighted by atomic mass is 10.1. The van der Waals surface area contributed by atoms with Crippen LogP contribution in [0.2, 0.25) is 0 Å². The number of carbonyl (C=O) groups is 1. The van der Waals surface area contributed by atoms with E-state index in [0.717, 1.165) is 24.7 Å². The van der Waals surface area contributed by atoms with Gasteiger partial charge in [-0.3, -0.25) is 14.9 Å². The lowest BCUT2D eigenvalue weighted by molar-refractivity contribution is -0.384. The van der Waals surface area contributed by atoms with Crippen molar-refractivity contribution in [2.24, 2.45) is 0 Å². The number of nitro groups is 1. The zero-order chi connectivity index (χ0) is 21.7. The Labute approximate surface area is 174 Å². The topological polar surface area (TPSA) is 116 Å². The molecule has 1 fully saturated rings. The molecule has 0 bridgehead atoms. The molecule has 1 aliphatic heterocycles. The van der Waals surface area contributed by atoms with Gasteiger partial charge in [0.25, 0.3) is 11.6 Å². The molecule has 0 aliphatic carbocycles. The quantitative estimate of drug-likeness (QED) is 0.356. The van der Waals surface area contributed by atoms with Gasteiger partial charge in [0, 0.05) is 37.4 Å². The number of non-ortho nitro benzene ring substituents is 1. The van der Waals surface area contributed by atoms with Gasteiger partial charge in [-0.25, -0.2) is 0 Å². The highest BCUT2D eigenvalue weighted by Crippen LogP contribution is 2.20. The number of carbonyl (C=O) groups excluding carboxylic acids is 1. The van der Waals surface area contributed by atoms with Crippen molar-refractivity contribution in [1.82, 2.24) is 4.90 Å². The van der Waals surface area contributed by atoms with Crippen molar-refractivity contribution in [2.75, 3.05) is 19.4 Å². The highest BCUT2D eigenvalue weighted by molar-refractivity contribution is 7.86. The number of nitrogens with zero attached hydrogens (tertiary/aromatic N) is 2. The van der Waals surface area contributed by atoms with Gasteiger partial charge in [0.15, 0.2) is 0 Å². The van der Waals surface area contributed by atoms with Crippen LogP contribution in [0.3, 0.4) is 0 Å². The zero-order valence-electron chi connectivity index (χ0n) is 16.4. The molecule has 1 aliphatic rings. The molecule has 1 atom stereocenters. The highest BCUT2D eigenvalue weighted by atomic mass is 32.2. The highest BCUT2D eigenvalue weighted by Gasteiger charge is 2.24. The van der Waals surface area contributed by atoms with E-state index in [0.29, 0.717) is 18.7 Å². The second-order valence-corrected chi connectivity index (χ2v) is 8.63. The summed E-state index contributed by atoms with van der Waals surface area (Å²) < 4.78 is 33.0. The van der Waals surface area contributed by atoms with Gasteiger partial charge < -0.3 is 13.8 Å². The van der Waals surface area contributed by atoms with Crippen molar-refractivity contribution in [3.05, 3.63) is 69.8 Å². The molecule has 0 aromatic heterocycles. The van der Waals surface area contributed by atoms with Crippen LogP contribution in [0.1, 0.15) is 28.8 Å². The summed E-state index contributed by atoms with van der Waals surface area (Å²) in [7, 11) is -3.62. The Balaban J connectivity index is 1.77. The molecule has 10 heteroatoms. The lowest BCUT2D eigenvalue weighted by Gasteiger charge is -2.26. The van der Waals surface area contributed by atoms with Crippen LogP contribution in [0.25, 0.3) is 0 Å². The summed E-state index contributed by atoms with van der Waals surface area (Å²) in [5.41, 5.74) is 1.04. The third-order valence-electron chi connectivity index (χ3n) is 4.60. The summed E-state index contributed by atoms with van der Waals surface area (Å²) in [6, 6.07) is 11.9. The predicted molar refractivity (Wildman–Crippen MR) is 109 cm³/mol. The fourth-order valence-corrected chi connectivity index (χ4v) is 3.67. The largest absolute Gasteiger partial charge is 0.383 e. The van der Waals surface area contributed by atoms with Crippen LogP contribution in [0.5, 0.6) is 5.75 Å². The third-order valence-corrected chi connectivity index (χ3v) is 5.10. The van der Waals surface area contributed by atoms with Gasteiger partial charge in [-0.1, -0.05) is 12.1 Å². The molecule has 1 amide bonds. The van der Waals surface area contributed by atoms with Crippen LogP contribution in [0.4, 0.5) is 5.69 Å². The summed E-state index contributed by atoms with van der Waals surface area (Å²) in [4.78, 5) is 25.0. The van der Waals surface area contributed by atoms with Gasteiger partial charge in [0.2, 0.25) is 0 Å². The smallest absolute Gasteiger partial charge is 0.306 e. The molecule has 0 radical (unpaired) electrons. The van der Waals surface area contributed by atoms with E-state index in [1.807, 2.05) is 0 Å². The number of hydrogen-bond acceptors (Lipinski definition) is 7. The average molecular weight is 434 g/mol. The van der Waals surface area contributed by atoms with Crippen molar-refractivity contribution in [3.8, 4) is 5.75 Å². The minimum atomic E-state index is -3.62. The average Bonchev–Trinajstić information content (AvgIpc) is 3.20. The number of ether oxygens (including phenoxy) is 1. The standard InChI is InChI=1S/C20H22N2O7S/c1-30(26,27)29-18-10-4-15(5-11-18)13-21(14-19-3-2-12-28-19)20(23)16-6-8-17(9-7-16)22(24)25/h4-11,19H,2-3,12-14H2,1H3/t19-/m1/s1. The van der Waals surface area contributed by atoms with E-state index in [4.69, 9.17) is 8.92 Å². The molecule has 0 N–H and O–H groups in total. The maximum atomic E-state index is 13.1. The van der Waals surface area contributed by atoms with E-state index in [2.05, 4.69) is 0 Å². The summed E-state index contributed by atoms with van der Waals surface area (Å²) in [6.07, 6.45) is 2.68. The summed E-state index contributed by atoms with van der Waals surface area (Å²) in [5.74, 6) is -0.0783. The van der Waals surface area contributed by atoms with E-state index in [-0.39, 0.29) is 30.0 Å². The van der Waals surface area contributed by atoms with E-state index in [1.54, 1.807) is 17.0 Å². The minimum Gasteiger partial charge on any atom is -0.383 e. The SMILES string of the molecule is CS(=O)(=O)Oc1ccc(CN(C[C@H]2CCCO2)C(=O)c2ccc([N+](=O)[O-])cc2)cc1. The predicted octanol–water partition coefficient (Wildman–Crippen LogP) is 2.75. The Kier molecular flexibility index (Phi) is 6.68. The van der Waals surface area contributed by atoms with Gasteiger partial charge in [-0.05, 0) is 42.7 Å². The molecule has 30 heavy (non-hydrogen) atoms. The van der Waals surface area contributed by atoms with Crippen molar-refractivity contribution in [1.29, 1.82) is 0 Å². The summed E-state index contributed by atoms with van der Waals surface area (Å²) in [5, 5.41) is 10.8. The number of nitro benzene ring substituents is 1. The molecule has 3 rings (SSSR count). The van der Waals surface area contributed by atoms with E-state index in [9.17, 15) is 23.3 Å². The van der Waals surface area contributed by atoms with Crippen LogP contribution < -0.4 is 4.18 Å². The van der Waals surface area contributed by atoms with Gasteiger partial charge in [0.1, 0.15) is 5.75 Å². The maximum absolute atomic E-state index is 13.1. The van der Waals surface area contributed by atoms with E-state index < -0.39 is 15.0 Å². The molecule has 1 saturated heterocycles. The van der Waals surface area contributed by atoms with Gasteiger partial charge in [0.05, 0.1) is 17.3 Å². The fraction of sp³-hybridized carbons (Fsp3) is 0.350. The molecule has 0 spiro atoms. The molecule has 160 valence electrons. The fourth-order valence-electron chi connectivity index (χ4n) is 3.21. The second-order valence-electron chi connectivity index (χ2n) is 7.06. The summed E-state index contributed by atoms with van der Waals surface area (Å²) >= 11 is 0. The van der Waals surface area contributed by atoms with Crippen LogP contribution >= 0.6 is 0 Å². The maximum Gasteiger partial charge on any atom is 0.306 e. The van der Waals surface area contributed by atoms with Crippen LogP contribution in [0, 0.1) is 10.1 Å². The molecule has 0 unspecified atom stereocenters. The lowest BCUT2D eigenvalue weighted by Crippen LogP contribution is -2.37. The number of rotatable bonds is 8. The molecule has 2 aromatic carbocycles. The van der Waals surface area contributed by atoms with Crippen molar-refractivity contribution < 1.29 is 27.1 Å². The molecular formula is C20H22N2O7S. The molecule has 1 heterocycles. The van der Waals surface area contributed by atoms with Crippen molar-refractivity contribution in [2.45, 2.75) is 25.5 Å². The van der Waals surface area contributed by atoms with Crippen LogP contribution in [0.15, 0.2) is 48.5 Å². The number of hydrogen-bond donors (Lipinski definition) is 0. The van der Waals surface area contributed by atoms with Crippen LogP contribution in [-0.2, 0) is 21.4 Å². The Morgan fingerprint density at radius 2 is 1.87 bits per heavy atom. The first-order valence-corrected chi connectivity index (χ1v) is 11.2. The minimum absolute atomic E-state index is 0.0696. The van der Waals surface area contributed by atoms with Crippen molar-refractivity contribution >= 4 is 21.7 Å². The molecule has 2 aromatic rings. The number of amides is 1. The van der Waals surface area contributed by atoms with E-state index in [1.165, 1.54) is 36.4 Å². The van der Waals surface area contributed by atoms with Crippen LogP contribution in [-0.4, -0.2) is 49.7 Å². The normalized spacial score (nSPS) is 16.2. The van der Waals surface area contributed by atoms with Crippen molar-refractivity contribution in [3.63, 3.8) is 0 Å². The third kappa shape index (κ3) is 6.01. The zero-order valence-corrected chi connectivity index (χ0v) is 17.2. The first-order valence-electron chi connectivity index (χ1n) is 9.35. The Morgan fingerprint density at radius 3 is 2.40 bits per heavy atom. The van der Waals surface area contributed by atoms with Gasteiger partial charge >= 0.3 is 10.1 Å².